The monoisotopic (exact) mass is 382 g/mol. The fourth-order valence-electron chi connectivity index (χ4n) is 2.81. The molecular weight excluding hydrogens is 364 g/mol. The van der Waals surface area contributed by atoms with Crippen molar-refractivity contribution in [1.29, 1.82) is 0 Å². The van der Waals surface area contributed by atoms with Crippen LogP contribution in [0.15, 0.2) is 40.8 Å². The van der Waals surface area contributed by atoms with Crippen molar-refractivity contribution in [3.8, 4) is 34.5 Å². The number of hydrogen-bond acceptors (Lipinski definition) is 7. The number of aromatic nitrogens is 1. The molecule has 28 heavy (non-hydrogen) atoms. The van der Waals surface area contributed by atoms with E-state index < -0.39 is 5.91 Å². The lowest BCUT2D eigenvalue weighted by atomic mass is 10.2. The maximum Gasteiger partial charge on any atom is 0.248 e. The summed E-state index contributed by atoms with van der Waals surface area (Å²) in [6, 6.07) is 10.2. The highest BCUT2D eigenvalue weighted by molar-refractivity contribution is 5.92. The Morgan fingerprint density at radius 3 is 2.71 bits per heavy atom. The van der Waals surface area contributed by atoms with Crippen molar-refractivity contribution < 1.29 is 28.2 Å². The Hall–Kier alpha value is -3.68. The van der Waals surface area contributed by atoms with Crippen molar-refractivity contribution in [1.82, 2.24) is 4.98 Å². The van der Waals surface area contributed by atoms with Gasteiger partial charge in [0.25, 0.3) is 0 Å². The number of amides is 1. The van der Waals surface area contributed by atoms with Gasteiger partial charge in [-0.3, -0.25) is 4.79 Å². The maximum atomic E-state index is 11.1. The quantitative estimate of drug-likeness (QED) is 0.698. The normalized spacial score (nSPS) is 12.1. The number of aryl methyl sites for hydroxylation is 1. The molecule has 0 spiro atoms. The lowest BCUT2D eigenvalue weighted by Crippen LogP contribution is -2.10. The zero-order valence-electron chi connectivity index (χ0n) is 15.4. The first-order chi connectivity index (χ1) is 13.5. The first kappa shape index (κ1) is 17.7. The van der Waals surface area contributed by atoms with Crippen LogP contribution in [-0.4, -0.2) is 24.8 Å². The smallest absolute Gasteiger partial charge is 0.248 e. The molecule has 144 valence electrons. The molecule has 1 aliphatic rings. The number of oxazole rings is 1. The fourth-order valence-corrected chi connectivity index (χ4v) is 2.81. The molecule has 0 atom stereocenters. The van der Waals surface area contributed by atoms with Gasteiger partial charge in [0.1, 0.15) is 23.8 Å². The molecule has 1 amide bonds. The van der Waals surface area contributed by atoms with Gasteiger partial charge in [0.05, 0.1) is 7.11 Å². The van der Waals surface area contributed by atoms with Gasteiger partial charge in [-0.2, -0.15) is 0 Å². The first-order valence-electron chi connectivity index (χ1n) is 8.52. The molecule has 1 aromatic heterocycles. The second-order valence-corrected chi connectivity index (χ2v) is 6.11. The van der Waals surface area contributed by atoms with Crippen LogP contribution in [0.25, 0.3) is 11.5 Å². The van der Waals surface area contributed by atoms with Crippen LogP contribution in [0.2, 0.25) is 0 Å². The van der Waals surface area contributed by atoms with E-state index in [4.69, 9.17) is 29.1 Å². The molecule has 1 aliphatic heterocycles. The number of carbonyl (C=O) groups is 1. The van der Waals surface area contributed by atoms with Crippen LogP contribution in [0, 0.1) is 6.92 Å². The van der Waals surface area contributed by atoms with E-state index in [9.17, 15) is 4.79 Å². The number of methoxy groups -OCH3 is 1. The van der Waals surface area contributed by atoms with Crippen LogP contribution in [0.4, 0.5) is 0 Å². The van der Waals surface area contributed by atoms with E-state index in [2.05, 4.69) is 4.98 Å². The fraction of sp³-hybridized carbons (Fsp3) is 0.200. The molecule has 0 saturated heterocycles. The van der Waals surface area contributed by atoms with Gasteiger partial charge < -0.3 is 29.1 Å². The van der Waals surface area contributed by atoms with Crippen LogP contribution in [0.1, 0.15) is 21.8 Å². The third-order valence-corrected chi connectivity index (χ3v) is 4.31. The summed E-state index contributed by atoms with van der Waals surface area (Å²) >= 11 is 0. The average molecular weight is 382 g/mol. The molecule has 0 radical (unpaired) electrons. The number of ether oxygens (including phenoxy) is 4. The second kappa shape index (κ2) is 7.15. The van der Waals surface area contributed by atoms with E-state index in [1.54, 1.807) is 43.5 Å². The average Bonchev–Trinajstić information content (AvgIpc) is 3.32. The van der Waals surface area contributed by atoms with Crippen molar-refractivity contribution in [2.24, 2.45) is 5.73 Å². The first-order valence-corrected chi connectivity index (χ1v) is 8.52. The Bertz CT molecular complexity index is 1030. The molecular formula is C20H18N2O6. The van der Waals surface area contributed by atoms with Gasteiger partial charge in [-0.15, -0.1) is 0 Å². The van der Waals surface area contributed by atoms with Gasteiger partial charge in [-0.25, -0.2) is 4.98 Å². The molecule has 3 aromatic rings. The van der Waals surface area contributed by atoms with E-state index in [1.807, 2.05) is 6.92 Å². The summed E-state index contributed by atoms with van der Waals surface area (Å²) < 4.78 is 27.7. The predicted octanol–water partition coefficient (Wildman–Crippen LogP) is 3.07. The van der Waals surface area contributed by atoms with E-state index in [-0.39, 0.29) is 13.4 Å². The topological polar surface area (TPSA) is 106 Å². The number of benzene rings is 2. The van der Waals surface area contributed by atoms with Gasteiger partial charge in [-0.1, -0.05) is 0 Å². The Morgan fingerprint density at radius 1 is 1.21 bits per heavy atom. The van der Waals surface area contributed by atoms with Gasteiger partial charge in [0, 0.05) is 11.1 Å². The predicted molar refractivity (Wildman–Crippen MR) is 98.6 cm³/mol. The standard InChI is InChI=1S/C20H18N2O6/c1-11-15(9-25-14-5-3-12(4-6-14)19(21)23)22-20(28-11)13-7-16(24-2)18-17(8-13)26-10-27-18/h3-8H,9-10H2,1-2H3,(H2,21,23). The highest BCUT2D eigenvalue weighted by Crippen LogP contribution is 2.44. The van der Waals surface area contributed by atoms with Crippen molar-refractivity contribution in [2.45, 2.75) is 13.5 Å². The molecule has 0 aliphatic carbocycles. The van der Waals surface area contributed by atoms with Crippen molar-refractivity contribution in [3.05, 3.63) is 53.4 Å². The van der Waals surface area contributed by atoms with Crippen molar-refractivity contribution in [2.75, 3.05) is 13.9 Å². The number of rotatable bonds is 6. The van der Waals surface area contributed by atoms with Crippen LogP contribution in [-0.2, 0) is 6.61 Å². The highest BCUT2D eigenvalue weighted by Gasteiger charge is 2.23. The third kappa shape index (κ3) is 3.32. The summed E-state index contributed by atoms with van der Waals surface area (Å²) in [6.07, 6.45) is 0. The molecule has 2 heterocycles. The van der Waals surface area contributed by atoms with Crippen molar-refractivity contribution >= 4 is 5.91 Å². The van der Waals surface area contributed by atoms with E-state index in [0.29, 0.717) is 51.5 Å². The Labute approximate surface area is 160 Å². The van der Waals surface area contributed by atoms with Gasteiger partial charge in [0.2, 0.25) is 24.3 Å². The minimum absolute atomic E-state index is 0.146. The molecule has 0 unspecified atom stereocenters. The van der Waals surface area contributed by atoms with Crippen molar-refractivity contribution in [3.63, 3.8) is 0 Å². The van der Waals surface area contributed by atoms with E-state index in [0.717, 1.165) is 0 Å². The van der Waals surface area contributed by atoms with Crippen LogP contribution in [0.3, 0.4) is 0 Å². The van der Waals surface area contributed by atoms with Crippen LogP contribution >= 0.6 is 0 Å². The number of hydrogen-bond donors (Lipinski definition) is 1. The number of nitrogens with zero attached hydrogens (tertiary/aromatic N) is 1. The van der Waals surface area contributed by atoms with E-state index >= 15 is 0 Å². The van der Waals surface area contributed by atoms with Gasteiger partial charge in [-0.05, 0) is 43.3 Å². The zero-order chi connectivity index (χ0) is 19.7. The Balaban J connectivity index is 1.53. The van der Waals surface area contributed by atoms with Crippen LogP contribution < -0.4 is 24.7 Å². The number of primary amides is 1. The van der Waals surface area contributed by atoms with Crippen LogP contribution in [0.5, 0.6) is 23.0 Å². The summed E-state index contributed by atoms with van der Waals surface area (Å²) in [5.74, 6) is 2.88. The SMILES string of the molecule is COc1cc(-c2nc(COc3ccc(C(N)=O)cc3)c(C)o2)cc2c1OCO2. The summed E-state index contributed by atoms with van der Waals surface area (Å²) in [7, 11) is 1.56. The summed E-state index contributed by atoms with van der Waals surface area (Å²) in [4.78, 5) is 15.6. The molecule has 2 N–H and O–H groups in total. The molecule has 4 rings (SSSR count). The van der Waals surface area contributed by atoms with E-state index in [1.165, 1.54) is 0 Å². The number of carbonyl (C=O) groups excluding carboxylic acids is 1. The summed E-state index contributed by atoms with van der Waals surface area (Å²) in [6.45, 7) is 2.18. The number of nitrogens with two attached hydrogens (primary N) is 1. The summed E-state index contributed by atoms with van der Waals surface area (Å²) in [5.41, 5.74) is 7.02. The lowest BCUT2D eigenvalue weighted by Gasteiger charge is -2.06. The van der Waals surface area contributed by atoms with Gasteiger partial charge in [0.15, 0.2) is 11.5 Å². The largest absolute Gasteiger partial charge is 0.493 e. The zero-order valence-corrected chi connectivity index (χ0v) is 15.4. The molecule has 2 aromatic carbocycles. The molecule has 8 nitrogen and oxygen atoms in total. The third-order valence-electron chi connectivity index (χ3n) is 4.31. The van der Waals surface area contributed by atoms with Gasteiger partial charge >= 0.3 is 0 Å². The molecule has 0 bridgehead atoms. The molecule has 0 saturated carbocycles. The lowest BCUT2D eigenvalue weighted by molar-refractivity contribution is 0.1000. The Kier molecular flexibility index (Phi) is 4.52. The minimum Gasteiger partial charge on any atom is -0.493 e. The highest BCUT2D eigenvalue weighted by atomic mass is 16.7. The molecule has 8 heteroatoms. The minimum atomic E-state index is -0.484. The number of fused-ring (bicyclic) bond motifs is 1. The Morgan fingerprint density at radius 2 is 2.00 bits per heavy atom. The maximum absolute atomic E-state index is 11.1. The summed E-state index contributed by atoms with van der Waals surface area (Å²) in [5, 5.41) is 0. The second-order valence-electron chi connectivity index (χ2n) is 6.11. The molecule has 0 fully saturated rings.